The molecular formula is C12H14ClN3O. The zero-order chi connectivity index (χ0) is 12.1. The van der Waals surface area contributed by atoms with E-state index in [-0.39, 0.29) is 0 Å². The van der Waals surface area contributed by atoms with Gasteiger partial charge in [-0.3, -0.25) is 0 Å². The fourth-order valence-electron chi connectivity index (χ4n) is 1.47. The van der Waals surface area contributed by atoms with Crippen molar-refractivity contribution in [2.45, 2.75) is 13.3 Å². The maximum atomic E-state index is 5.91. The van der Waals surface area contributed by atoms with Crippen molar-refractivity contribution < 1.29 is 4.52 Å². The van der Waals surface area contributed by atoms with E-state index in [1.807, 2.05) is 24.3 Å². The lowest BCUT2D eigenvalue weighted by molar-refractivity contribution is 0.377. The second kappa shape index (κ2) is 5.80. The lowest BCUT2D eigenvalue weighted by Gasteiger charge is -1.95. The van der Waals surface area contributed by atoms with Crippen molar-refractivity contribution in [3.8, 4) is 11.4 Å². The third-order valence-corrected chi connectivity index (χ3v) is 2.55. The van der Waals surface area contributed by atoms with Gasteiger partial charge in [0.05, 0.1) is 0 Å². The highest BCUT2D eigenvalue weighted by molar-refractivity contribution is 6.30. The van der Waals surface area contributed by atoms with Crippen molar-refractivity contribution in [2.75, 3.05) is 13.1 Å². The summed E-state index contributed by atoms with van der Waals surface area (Å²) in [6.45, 7) is 3.84. The van der Waals surface area contributed by atoms with Crippen LogP contribution in [0.2, 0.25) is 5.02 Å². The predicted octanol–water partition coefficient (Wildman–Crippen LogP) is 2.54. The highest BCUT2D eigenvalue weighted by Gasteiger charge is 2.08. The zero-order valence-electron chi connectivity index (χ0n) is 9.61. The Morgan fingerprint density at radius 2 is 2.29 bits per heavy atom. The van der Waals surface area contributed by atoms with E-state index in [4.69, 9.17) is 16.1 Å². The van der Waals surface area contributed by atoms with Gasteiger partial charge in [0.1, 0.15) is 0 Å². The molecule has 0 saturated carbocycles. The number of nitrogens with one attached hydrogen (secondary N) is 1. The molecule has 1 heterocycles. The third kappa shape index (κ3) is 3.28. The second-order valence-corrected chi connectivity index (χ2v) is 4.06. The number of nitrogens with zero attached hydrogens (tertiary/aromatic N) is 2. The Morgan fingerprint density at radius 1 is 1.41 bits per heavy atom. The van der Waals surface area contributed by atoms with Crippen molar-refractivity contribution in [3.63, 3.8) is 0 Å². The fraction of sp³-hybridized carbons (Fsp3) is 0.333. The first-order chi connectivity index (χ1) is 8.29. The maximum Gasteiger partial charge on any atom is 0.228 e. The monoisotopic (exact) mass is 251 g/mol. The van der Waals surface area contributed by atoms with Gasteiger partial charge in [-0.2, -0.15) is 4.98 Å². The Labute approximate surface area is 105 Å². The number of hydrogen-bond acceptors (Lipinski definition) is 4. The van der Waals surface area contributed by atoms with E-state index in [1.165, 1.54) is 0 Å². The molecule has 0 radical (unpaired) electrons. The normalized spacial score (nSPS) is 10.7. The van der Waals surface area contributed by atoms with Crippen molar-refractivity contribution >= 4 is 11.6 Å². The van der Waals surface area contributed by atoms with Gasteiger partial charge in [-0.15, -0.1) is 0 Å². The highest BCUT2D eigenvalue weighted by atomic mass is 35.5. The summed E-state index contributed by atoms with van der Waals surface area (Å²) in [7, 11) is 0. The van der Waals surface area contributed by atoms with Crippen LogP contribution >= 0.6 is 11.6 Å². The van der Waals surface area contributed by atoms with Crippen LogP contribution in [0.4, 0.5) is 0 Å². The molecule has 17 heavy (non-hydrogen) atoms. The van der Waals surface area contributed by atoms with Crippen molar-refractivity contribution in [1.82, 2.24) is 15.5 Å². The molecule has 0 fully saturated rings. The molecule has 0 aliphatic rings. The molecule has 90 valence electrons. The number of rotatable bonds is 5. The molecule has 1 aromatic carbocycles. The third-order valence-electron chi connectivity index (χ3n) is 2.32. The fourth-order valence-corrected chi connectivity index (χ4v) is 1.66. The predicted molar refractivity (Wildman–Crippen MR) is 67.0 cm³/mol. The number of hydrogen-bond donors (Lipinski definition) is 1. The standard InChI is InChI=1S/C12H14ClN3O/c1-2-14-7-6-11-15-12(16-17-11)9-4-3-5-10(13)8-9/h3-5,8,14H,2,6-7H2,1H3. The first-order valence-electron chi connectivity index (χ1n) is 5.59. The molecule has 0 aliphatic carbocycles. The van der Waals surface area contributed by atoms with Crippen LogP contribution in [0.25, 0.3) is 11.4 Å². The van der Waals surface area contributed by atoms with Crippen LogP contribution in [-0.2, 0) is 6.42 Å². The average molecular weight is 252 g/mol. The minimum absolute atomic E-state index is 0.582. The molecule has 0 bridgehead atoms. The van der Waals surface area contributed by atoms with E-state index in [1.54, 1.807) is 0 Å². The van der Waals surface area contributed by atoms with Gasteiger partial charge < -0.3 is 9.84 Å². The molecule has 0 unspecified atom stereocenters. The summed E-state index contributed by atoms with van der Waals surface area (Å²) in [5.74, 6) is 1.22. The summed E-state index contributed by atoms with van der Waals surface area (Å²) >= 11 is 5.91. The molecule has 0 amide bonds. The molecule has 1 aromatic heterocycles. The van der Waals surface area contributed by atoms with Gasteiger partial charge in [0.2, 0.25) is 11.7 Å². The van der Waals surface area contributed by atoms with Gasteiger partial charge in [0.15, 0.2) is 0 Å². The molecule has 1 N–H and O–H groups in total. The summed E-state index contributed by atoms with van der Waals surface area (Å²) in [5, 5.41) is 7.81. The van der Waals surface area contributed by atoms with Gasteiger partial charge >= 0.3 is 0 Å². The summed E-state index contributed by atoms with van der Waals surface area (Å²) < 4.78 is 5.16. The SMILES string of the molecule is CCNCCc1nc(-c2cccc(Cl)c2)no1. The molecule has 2 rings (SSSR count). The van der Waals surface area contributed by atoms with E-state index in [9.17, 15) is 0 Å². The lowest BCUT2D eigenvalue weighted by atomic mass is 10.2. The molecular weight excluding hydrogens is 238 g/mol. The van der Waals surface area contributed by atoms with Crippen LogP contribution in [0.15, 0.2) is 28.8 Å². The van der Waals surface area contributed by atoms with Crippen molar-refractivity contribution in [3.05, 3.63) is 35.2 Å². The minimum Gasteiger partial charge on any atom is -0.339 e. The van der Waals surface area contributed by atoms with Gasteiger partial charge in [-0.25, -0.2) is 0 Å². The molecule has 0 saturated heterocycles. The summed E-state index contributed by atoms with van der Waals surface area (Å²) in [6, 6.07) is 7.41. The van der Waals surface area contributed by atoms with Crippen molar-refractivity contribution in [1.29, 1.82) is 0 Å². The lowest BCUT2D eigenvalue weighted by Crippen LogP contribution is -2.16. The highest BCUT2D eigenvalue weighted by Crippen LogP contribution is 2.19. The molecule has 0 atom stereocenters. The van der Waals surface area contributed by atoms with Gasteiger partial charge in [-0.05, 0) is 18.7 Å². The minimum atomic E-state index is 0.582. The molecule has 4 nitrogen and oxygen atoms in total. The number of benzene rings is 1. The van der Waals surface area contributed by atoms with E-state index >= 15 is 0 Å². The molecule has 0 aliphatic heterocycles. The first-order valence-corrected chi connectivity index (χ1v) is 5.96. The van der Waals surface area contributed by atoms with Crippen LogP contribution in [-0.4, -0.2) is 23.2 Å². The van der Waals surface area contributed by atoms with E-state index in [0.29, 0.717) is 16.7 Å². The zero-order valence-corrected chi connectivity index (χ0v) is 10.4. The van der Waals surface area contributed by atoms with Crippen LogP contribution < -0.4 is 5.32 Å². The largest absolute Gasteiger partial charge is 0.339 e. The average Bonchev–Trinajstić information content (AvgIpc) is 2.78. The summed E-state index contributed by atoms with van der Waals surface area (Å²) in [4.78, 5) is 4.32. The topological polar surface area (TPSA) is 51.0 Å². The van der Waals surface area contributed by atoms with Crippen LogP contribution in [0.3, 0.4) is 0 Å². The van der Waals surface area contributed by atoms with Crippen LogP contribution in [0.5, 0.6) is 0 Å². The van der Waals surface area contributed by atoms with Gasteiger partial charge in [0.25, 0.3) is 0 Å². The van der Waals surface area contributed by atoms with Gasteiger partial charge in [0, 0.05) is 23.6 Å². The summed E-state index contributed by atoms with van der Waals surface area (Å²) in [6.07, 6.45) is 0.738. The second-order valence-electron chi connectivity index (χ2n) is 3.63. The van der Waals surface area contributed by atoms with Crippen molar-refractivity contribution in [2.24, 2.45) is 0 Å². The Bertz CT molecular complexity index is 484. The van der Waals surface area contributed by atoms with Crippen LogP contribution in [0, 0.1) is 0 Å². The quantitative estimate of drug-likeness (QED) is 0.830. The molecule has 0 spiro atoms. The van der Waals surface area contributed by atoms with E-state index in [0.717, 1.165) is 25.1 Å². The summed E-state index contributed by atoms with van der Waals surface area (Å²) in [5.41, 5.74) is 0.871. The number of likely N-dealkylation sites (N-methyl/N-ethyl adjacent to an activating group) is 1. The van der Waals surface area contributed by atoms with Crippen LogP contribution in [0.1, 0.15) is 12.8 Å². The Balaban J connectivity index is 2.07. The number of halogens is 1. The van der Waals surface area contributed by atoms with E-state index < -0.39 is 0 Å². The first kappa shape index (κ1) is 12.1. The molecule has 5 heteroatoms. The Kier molecular flexibility index (Phi) is 4.12. The Hall–Kier alpha value is -1.39. The Morgan fingerprint density at radius 3 is 3.06 bits per heavy atom. The maximum absolute atomic E-state index is 5.91. The van der Waals surface area contributed by atoms with E-state index in [2.05, 4.69) is 22.4 Å². The number of aromatic nitrogens is 2. The smallest absolute Gasteiger partial charge is 0.228 e. The molecule has 2 aromatic rings. The van der Waals surface area contributed by atoms with Gasteiger partial charge in [-0.1, -0.05) is 35.8 Å².